The zero-order chi connectivity index (χ0) is 12.1. The first-order valence-corrected chi connectivity index (χ1v) is 6.03. The monoisotopic (exact) mass is 243 g/mol. The van der Waals surface area contributed by atoms with Crippen LogP contribution in [-0.4, -0.2) is 6.54 Å². The molecule has 1 N–H and O–H groups in total. The topological polar surface area (TPSA) is 12.0 Å². The second kappa shape index (κ2) is 6.21. The lowest BCUT2D eigenvalue weighted by molar-refractivity contribution is 0.392. The Balaban J connectivity index is 2.43. The molecule has 3 heteroatoms. The van der Waals surface area contributed by atoms with Crippen molar-refractivity contribution in [2.75, 3.05) is 6.54 Å². The summed E-state index contributed by atoms with van der Waals surface area (Å²) in [4.78, 5) is 0. The molecule has 0 fully saturated rings. The summed E-state index contributed by atoms with van der Waals surface area (Å²) in [5.41, 5.74) is 0.944. The van der Waals surface area contributed by atoms with E-state index in [1.54, 1.807) is 6.07 Å². The van der Waals surface area contributed by atoms with Crippen molar-refractivity contribution in [2.45, 2.75) is 27.3 Å². The average Bonchev–Trinajstić information content (AvgIpc) is 2.20. The van der Waals surface area contributed by atoms with Crippen molar-refractivity contribution in [3.63, 3.8) is 0 Å². The van der Waals surface area contributed by atoms with Crippen molar-refractivity contribution < 1.29 is 4.39 Å². The second-order valence-electron chi connectivity index (χ2n) is 4.59. The number of hydrogen-bond acceptors (Lipinski definition) is 1. The summed E-state index contributed by atoms with van der Waals surface area (Å²) in [5, 5.41) is 3.83. The van der Waals surface area contributed by atoms with E-state index in [4.69, 9.17) is 11.6 Å². The van der Waals surface area contributed by atoms with Crippen LogP contribution in [0.15, 0.2) is 18.2 Å². The van der Waals surface area contributed by atoms with Crippen LogP contribution in [0, 0.1) is 17.7 Å². The molecule has 1 rings (SSSR count). The van der Waals surface area contributed by atoms with Crippen molar-refractivity contribution in [1.82, 2.24) is 5.32 Å². The van der Waals surface area contributed by atoms with Crippen LogP contribution in [0.1, 0.15) is 26.3 Å². The highest BCUT2D eigenvalue weighted by atomic mass is 35.5. The lowest BCUT2D eigenvalue weighted by Gasteiger charge is -2.16. The number of nitrogens with one attached hydrogen (secondary N) is 1. The molecule has 0 amide bonds. The normalized spacial score (nSPS) is 13.1. The third kappa shape index (κ3) is 4.11. The highest BCUT2D eigenvalue weighted by Crippen LogP contribution is 2.17. The fraction of sp³-hybridized carbons (Fsp3) is 0.538. The van der Waals surface area contributed by atoms with E-state index in [9.17, 15) is 4.39 Å². The molecule has 0 saturated carbocycles. The molecule has 0 bridgehead atoms. The van der Waals surface area contributed by atoms with Gasteiger partial charge in [0.1, 0.15) is 5.82 Å². The zero-order valence-corrected chi connectivity index (χ0v) is 10.8. The lowest BCUT2D eigenvalue weighted by atomic mass is 9.98. The van der Waals surface area contributed by atoms with E-state index in [-0.39, 0.29) is 5.82 Å². The Kier molecular flexibility index (Phi) is 5.23. The summed E-state index contributed by atoms with van der Waals surface area (Å²) >= 11 is 5.93. The van der Waals surface area contributed by atoms with E-state index in [2.05, 4.69) is 26.1 Å². The summed E-state index contributed by atoms with van der Waals surface area (Å²) < 4.78 is 12.8. The molecule has 0 aliphatic rings. The van der Waals surface area contributed by atoms with Gasteiger partial charge in [-0.25, -0.2) is 4.39 Å². The van der Waals surface area contributed by atoms with Crippen LogP contribution in [0.4, 0.5) is 4.39 Å². The van der Waals surface area contributed by atoms with Gasteiger partial charge in [0, 0.05) is 11.6 Å². The molecule has 1 atom stereocenters. The van der Waals surface area contributed by atoms with Gasteiger partial charge in [-0.15, -0.1) is 0 Å². The van der Waals surface area contributed by atoms with Crippen LogP contribution in [0.5, 0.6) is 0 Å². The predicted octanol–water partition coefficient (Wildman–Crippen LogP) is 3.86. The van der Waals surface area contributed by atoms with Crippen LogP contribution in [0.3, 0.4) is 0 Å². The molecule has 0 saturated heterocycles. The molecule has 0 spiro atoms. The van der Waals surface area contributed by atoms with Gasteiger partial charge in [0.2, 0.25) is 0 Å². The number of rotatable bonds is 5. The Bertz CT molecular complexity index is 339. The molecule has 90 valence electrons. The molecular formula is C13H19ClFN. The van der Waals surface area contributed by atoms with Crippen molar-refractivity contribution in [1.29, 1.82) is 0 Å². The lowest BCUT2D eigenvalue weighted by Crippen LogP contribution is -2.23. The van der Waals surface area contributed by atoms with Crippen LogP contribution in [0.25, 0.3) is 0 Å². The quantitative estimate of drug-likeness (QED) is 0.828. The van der Waals surface area contributed by atoms with Gasteiger partial charge in [-0.1, -0.05) is 38.4 Å². The Hall–Kier alpha value is -0.600. The maximum absolute atomic E-state index is 12.8. The fourth-order valence-electron chi connectivity index (χ4n) is 1.34. The zero-order valence-electron chi connectivity index (χ0n) is 10.1. The predicted molar refractivity (Wildman–Crippen MR) is 67.1 cm³/mol. The Morgan fingerprint density at radius 3 is 2.56 bits per heavy atom. The van der Waals surface area contributed by atoms with Crippen LogP contribution in [0.2, 0.25) is 5.02 Å². The SMILES string of the molecule is CC(C)[C@H](C)CNCc1ccc(F)cc1Cl. The van der Waals surface area contributed by atoms with Gasteiger partial charge in [0.05, 0.1) is 0 Å². The second-order valence-corrected chi connectivity index (χ2v) is 5.00. The highest BCUT2D eigenvalue weighted by Gasteiger charge is 2.07. The number of halogens is 2. The van der Waals surface area contributed by atoms with Gasteiger partial charge in [0.25, 0.3) is 0 Å². The van der Waals surface area contributed by atoms with Crippen molar-refractivity contribution in [3.05, 3.63) is 34.6 Å². The molecule has 0 aromatic heterocycles. The van der Waals surface area contributed by atoms with Gasteiger partial charge in [-0.05, 0) is 36.1 Å². The summed E-state index contributed by atoms with van der Waals surface area (Å²) in [5.74, 6) is 1.000. The van der Waals surface area contributed by atoms with Gasteiger partial charge >= 0.3 is 0 Å². The molecule has 1 aromatic rings. The maximum atomic E-state index is 12.8. The molecule has 0 aliphatic carbocycles. The summed E-state index contributed by atoms with van der Waals surface area (Å²) in [6, 6.07) is 4.52. The van der Waals surface area contributed by atoms with Crippen LogP contribution < -0.4 is 5.32 Å². The van der Waals surface area contributed by atoms with Gasteiger partial charge in [-0.3, -0.25) is 0 Å². The number of benzene rings is 1. The van der Waals surface area contributed by atoms with Gasteiger partial charge in [-0.2, -0.15) is 0 Å². The first-order valence-electron chi connectivity index (χ1n) is 5.65. The van der Waals surface area contributed by atoms with Crippen molar-refractivity contribution in [2.24, 2.45) is 11.8 Å². The van der Waals surface area contributed by atoms with Crippen molar-refractivity contribution >= 4 is 11.6 Å². The van der Waals surface area contributed by atoms with E-state index in [0.717, 1.165) is 12.1 Å². The third-order valence-electron chi connectivity index (χ3n) is 2.93. The van der Waals surface area contributed by atoms with Crippen LogP contribution in [-0.2, 0) is 6.54 Å². The minimum atomic E-state index is -0.288. The smallest absolute Gasteiger partial charge is 0.124 e. The largest absolute Gasteiger partial charge is 0.312 e. The maximum Gasteiger partial charge on any atom is 0.124 e. The van der Waals surface area contributed by atoms with E-state index < -0.39 is 0 Å². The fourth-order valence-corrected chi connectivity index (χ4v) is 1.57. The molecule has 0 heterocycles. The van der Waals surface area contributed by atoms with Gasteiger partial charge in [0.15, 0.2) is 0 Å². The standard InChI is InChI=1S/C13H19ClFN/c1-9(2)10(3)7-16-8-11-4-5-12(15)6-13(11)14/h4-6,9-10,16H,7-8H2,1-3H3/t10-/m1/s1. The Morgan fingerprint density at radius 1 is 1.31 bits per heavy atom. The Labute approximate surface area is 102 Å². The van der Waals surface area contributed by atoms with E-state index in [1.165, 1.54) is 12.1 Å². The van der Waals surface area contributed by atoms with Crippen molar-refractivity contribution in [3.8, 4) is 0 Å². The van der Waals surface area contributed by atoms with Gasteiger partial charge < -0.3 is 5.32 Å². The van der Waals surface area contributed by atoms with E-state index >= 15 is 0 Å². The molecule has 0 aliphatic heterocycles. The molecular weight excluding hydrogens is 225 g/mol. The Morgan fingerprint density at radius 2 is 2.00 bits per heavy atom. The first kappa shape index (κ1) is 13.5. The molecule has 1 aromatic carbocycles. The highest BCUT2D eigenvalue weighted by molar-refractivity contribution is 6.31. The molecule has 1 nitrogen and oxygen atoms in total. The minimum absolute atomic E-state index is 0.288. The summed E-state index contributed by atoms with van der Waals surface area (Å²) in [6.45, 7) is 8.26. The van der Waals surface area contributed by atoms with E-state index in [1.807, 2.05) is 0 Å². The minimum Gasteiger partial charge on any atom is -0.312 e. The van der Waals surface area contributed by atoms with E-state index in [0.29, 0.717) is 23.4 Å². The summed E-state index contributed by atoms with van der Waals surface area (Å²) in [6.07, 6.45) is 0. The third-order valence-corrected chi connectivity index (χ3v) is 3.29. The molecule has 0 radical (unpaired) electrons. The first-order chi connectivity index (χ1) is 7.50. The number of hydrogen-bond donors (Lipinski definition) is 1. The molecule has 0 unspecified atom stereocenters. The average molecular weight is 244 g/mol. The molecule has 16 heavy (non-hydrogen) atoms. The van der Waals surface area contributed by atoms with Crippen LogP contribution >= 0.6 is 11.6 Å². The summed E-state index contributed by atoms with van der Waals surface area (Å²) in [7, 11) is 0.